The average molecular weight is 313 g/mol. The van der Waals surface area contributed by atoms with Gasteiger partial charge in [0.15, 0.2) is 0 Å². The van der Waals surface area contributed by atoms with E-state index in [1.54, 1.807) is 0 Å². The monoisotopic (exact) mass is 313 g/mol. The van der Waals surface area contributed by atoms with Gasteiger partial charge in [-0.1, -0.05) is 13.8 Å². The SMILES string of the molecule is C[C@@H]1CCN(c2cc([N+](=O)[O-])ccc2S(N)(=O)=O)C[C@H]1C. The molecular formula is C13H19N3O4S. The Labute approximate surface area is 123 Å². The molecule has 0 radical (unpaired) electrons. The minimum Gasteiger partial charge on any atom is -0.370 e. The lowest BCUT2D eigenvalue weighted by molar-refractivity contribution is -0.384. The lowest BCUT2D eigenvalue weighted by atomic mass is 9.88. The zero-order valence-electron chi connectivity index (χ0n) is 12.0. The first kappa shape index (κ1) is 15.7. The maximum absolute atomic E-state index is 11.7. The van der Waals surface area contributed by atoms with Crippen LogP contribution in [0.15, 0.2) is 23.1 Å². The molecule has 0 aromatic heterocycles. The molecule has 1 aromatic rings. The molecule has 8 heteroatoms. The number of sulfonamides is 1. The number of nitrogens with zero attached hydrogens (tertiary/aromatic N) is 2. The van der Waals surface area contributed by atoms with Crippen LogP contribution in [0.25, 0.3) is 0 Å². The van der Waals surface area contributed by atoms with E-state index in [1.807, 2.05) is 4.90 Å². The van der Waals surface area contributed by atoms with Crippen molar-refractivity contribution in [2.45, 2.75) is 25.2 Å². The summed E-state index contributed by atoms with van der Waals surface area (Å²) in [6.45, 7) is 5.56. The van der Waals surface area contributed by atoms with Crippen molar-refractivity contribution in [3.63, 3.8) is 0 Å². The number of nitrogens with two attached hydrogens (primary N) is 1. The normalized spacial score (nSPS) is 23.1. The van der Waals surface area contributed by atoms with Gasteiger partial charge >= 0.3 is 0 Å². The van der Waals surface area contributed by atoms with Crippen LogP contribution in [-0.2, 0) is 10.0 Å². The van der Waals surface area contributed by atoms with Crippen LogP contribution >= 0.6 is 0 Å². The molecule has 2 N–H and O–H groups in total. The fourth-order valence-corrected chi connectivity index (χ4v) is 3.33. The summed E-state index contributed by atoms with van der Waals surface area (Å²) in [5, 5.41) is 16.1. The number of anilines is 1. The van der Waals surface area contributed by atoms with Crippen molar-refractivity contribution in [2.24, 2.45) is 17.0 Å². The molecule has 0 unspecified atom stereocenters. The summed E-state index contributed by atoms with van der Waals surface area (Å²) in [4.78, 5) is 12.2. The Morgan fingerprint density at radius 1 is 1.33 bits per heavy atom. The minimum atomic E-state index is -3.92. The van der Waals surface area contributed by atoms with Crippen molar-refractivity contribution in [2.75, 3.05) is 18.0 Å². The molecule has 1 aromatic carbocycles. The summed E-state index contributed by atoms with van der Waals surface area (Å²) in [5.74, 6) is 0.921. The predicted molar refractivity (Wildman–Crippen MR) is 79.6 cm³/mol. The molecule has 0 bridgehead atoms. The first-order valence-corrected chi connectivity index (χ1v) is 8.31. The van der Waals surface area contributed by atoms with Crippen LogP contribution in [0.2, 0.25) is 0 Å². The number of hydrogen-bond donors (Lipinski definition) is 1. The van der Waals surface area contributed by atoms with Crippen molar-refractivity contribution in [3.05, 3.63) is 28.3 Å². The molecule has 0 spiro atoms. The van der Waals surface area contributed by atoms with E-state index in [0.29, 0.717) is 30.6 Å². The highest BCUT2D eigenvalue weighted by Crippen LogP contribution is 2.33. The second-order valence-corrected chi connectivity index (χ2v) is 7.17. The molecule has 1 aliphatic heterocycles. The standard InChI is InChI=1S/C13H19N3O4S/c1-9-5-6-15(8-10(9)2)12-7-11(16(17)18)3-4-13(12)21(14,19)20/h3-4,7,9-10H,5-6,8H2,1-2H3,(H2,14,19,20)/t9-,10-/m1/s1. The second-order valence-electron chi connectivity index (χ2n) is 5.64. The first-order chi connectivity index (χ1) is 9.70. The third-order valence-corrected chi connectivity index (χ3v) is 5.09. The van der Waals surface area contributed by atoms with E-state index < -0.39 is 14.9 Å². The lowest BCUT2D eigenvalue weighted by Crippen LogP contribution is -2.39. The summed E-state index contributed by atoms with van der Waals surface area (Å²) in [6.07, 6.45) is 0.911. The van der Waals surface area contributed by atoms with Crippen LogP contribution in [-0.4, -0.2) is 26.4 Å². The molecule has 116 valence electrons. The number of rotatable bonds is 3. The van der Waals surface area contributed by atoms with Crippen LogP contribution in [0.5, 0.6) is 0 Å². The Hall–Kier alpha value is -1.67. The van der Waals surface area contributed by atoms with Crippen molar-refractivity contribution >= 4 is 21.4 Å². The van der Waals surface area contributed by atoms with Crippen LogP contribution < -0.4 is 10.0 Å². The third kappa shape index (κ3) is 3.33. The highest BCUT2D eigenvalue weighted by atomic mass is 32.2. The molecule has 1 aliphatic rings. The molecule has 7 nitrogen and oxygen atoms in total. The predicted octanol–water partition coefficient (Wildman–Crippen LogP) is 1.72. The molecule has 0 amide bonds. The van der Waals surface area contributed by atoms with Gasteiger partial charge in [-0.3, -0.25) is 10.1 Å². The third-order valence-electron chi connectivity index (χ3n) is 4.13. The van der Waals surface area contributed by atoms with E-state index in [0.717, 1.165) is 6.42 Å². The summed E-state index contributed by atoms with van der Waals surface area (Å²) < 4.78 is 23.4. The maximum Gasteiger partial charge on any atom is 0.271 e. The molecule has 1 saturated heterocycles. The summed E-state index contributed by atoms with van der Waals surface area (Å²) >= 11 is 0. The number of non-ortho nitro benzene ring substituents is 1. The van der Waals surface area contributed by atoms with Crippen LogP contribution in [0.3, 0.4) is 0 Å². The lowest BCUT2D eigenvalue weighted by Gasteiger charge is -2.37. The molecular weight excluding hydrogens is 294 g/mol. The van der Waals surface area contributed by atoms with Gasteiger partial charge in [0.2, 0.25) is 10.0 Å². The Balaban J connectivity index is 2.49. The Morgan fingerprint density at radius 3 is 2.52 bits per heavy atom. The van der Waals surface area contributed by atoms with E-state index >= 15 is 0 Å². The zero-order chi connectivity index (χ0) is 15.8. The molecule has 1 heterocycles. The molecule has 2 atom stereocenters. The quantitative estimate of drug-likeness (QED) is 0.675. The van der Waals surface area contributed by atoms with E-state index in [-0.39, 0.29) is 10.6 Å². The van der Waals surface area contributed by atoms with Crippen molar-refractivity contribution in [3.8, 4) is 0 Å². The highest BCUT2D eigenvalue weighted by molar-refractivity contribution is 7.89. The largest absolute Gasteiger partial charge is 0.370 e. The van der Waals surface area contributed by atoms with Gasteiger partial charge in [-0.2, -0.15) is 0 Å². The van der Waals surface area contributed by atoms with Crippen molar-refractivity contribution in [1.29, 1.82) is 0 Å². The fraction of sp³-hybridized carbons (Fsp3) is 0.538. The highest BCUT2D eigenvalue weighted by Gasteiger charge is 2.28. The minimum absolute atomic E-state index is 0.0603. The van der Waals surface area contributed by atoms with Crippen LogP contribution in [0.1, 0.15) is 20.3 Å². The van der Waals surface area contributed by atoms with Gasteiger partial charge in [0, 0.05) is 25.2 Å². The van der Waals surface area contributed by atoms with E-state index in [2.05, 4.69) is 13.8 Å². The Kier molecular flexibility index (Phi) is 4.20. The number of benzene rings is 1. The van der Waals surface area contributed by atoms with Gasteiger partial charge < -0.3 is 4.90 Å². The van der Waals surface area contributed by atoms with Gasteiger partial charge in [-0.25, -0.2) is 13.6 Å². The molecule has 2 rings (SSSR count). The number of primary sulfonamides is 1. The zero-order valence-corrected chi connectivity index (χ0v) is 12.8. The number of nitro groups is 1. The van der Waals surface area contributed by atoms with E-state index in [4.69, 9.17) is 5.14 Å². The van der Waals surface area contributed by atoms with Gasteiger partial charge in [0.25, 0.3) is 5.69 Å². The molecule has 1 fully saturated rings. The first-order valence-electron chi connectivity index (χ1n) is 6.76. The maximum atomic E-state index is 11.7. The Morgan fingerprint density at radius 2 is 2.00 bits per heavy atom. The average Bonchev–Trinajstić information content (AvgIpc) is 2.40. The molecule has 0 saturated carbocycles. The summed E-state index contributed by atoms with van der Waals surface area (Å²) in [7, 11) is -3.92. The molecule has 0 aliphatic carbocycles. The van der Waals surface area contributed by atoms with Gasteiger partial charge in [0.1, 0.15) is 4.90 Å². The smallest absolute Gasteiger partial charge is 0.271 e. The summed E-state index contributed by atoms with van der Waals surface area (Å²) in [6, 6.07) is 3.67. The van der Waals surface area contributed by atoms with Crippen LogP contribution in [0.4, 0.5) is 11.4 Å². The summed E-state index contributed by atoms with van der Waals surface area (Å²) in [5.41, 5.74) is 0.189. The number of piperidine rings is 1. The second kappa shape index (κ2) is 5.61. The number of hydrogen-bond acceptors (Lipinski definition) is 5. The van der Waals surface area contributed by atoms with Gasteiger partial charge in [0.05, 0.1) is 10.6 Å². The molecule has 21 heavy (non-hydrogen) atoms. The van der Waals surface area contributed by atoms with Gasteiger partial charge in [-0.05, 0) is 24.3 Å². The van der Waals surface area contributed by atoms with Crippen molar-refractivity contribution in [1.82, 2.24) is 0 Å². The number of nitro benzene ring substituents is 1. The topological polar surface area (TPSA) is 107 Å². The van der Waals surface area contributed by atoms with Crippen molar-refractivity contribution < 1.29 is 13.3 Å². The fourth-order valence-electron chi connectivity index (χ4n) is 2.59. The van der Waals surface area contributed by atoms with Gasteiger partial charge in [-0.15, -0.1) is 0 Å². The Bertz CT molecular complexity index is 659. The van der Waals surface area contributed by atoms with E-state index in [9.17, 15) is 18.5 Å². The van der Waals surface area contributed by atoms with Crippen LogP contribution in [0, 0.1) is 22.0 Å². The van der Waals surface area contributed by atoms with E-state index in [1.165, 1.54) is 18.2 Å².